The van der Waals surface area contributed by atoms with Gasteiger partial charge in [-0.05, 0) is 0 Å². The molecule has 0 nitrogen and oxygen atoms in total. The van der Waals surface area contributed by atoms with Crippen molar-refractivity contribution in [3.8, 4) is 0 Å². The van der Waals surface area contributed by atoms with E-state index in [1.54, 1.807) is 10.6 Å². The molecule has 30 heavy (non-hydrogen) atoms. The van der Waals surface area contributed by atoms with Crippen LogP contribution >= 0.6 is 14.6 Å². The molecule has 2 aromatic rings. The molecule has 0 bridgehead atoms. The van der Waals surface area contributed by atoms with Crippen LogP contribution in [-0.2, 0) is 0 Å². The molecule has 2 aromatic carbocycles. The third-order valence-corrected chi connectivity index (χ3v) is 18.6. The molecular weight excluding hydrogens is 398 g/mol. The maximum atomic E-state index is 4.19. The molecule has 0 radical (unpaired) electrons. The van der Waals surface area contributed by atoms with Crippen LogP contribution in [0.25, 0.3) is 0 Å². The predicted octanol–water partition coefficient (Wildman–Crippen LogP) is 8.30. The van der Waals surface area contributed by atoms with E-state index >= 15 is 0 Å². The van der Waals surface area contributed by atoms with Crippen LogP contribution < -0.4 is 10.6 Å². The van der Waals surface area contributed by atoms with Crippen LogP contribution in [-0.4, -0.2) is 18.5 Å². The predicted molar refractivity (Wildman–Crippen MR) is 145 cm³/mol. The van der Waals surface area contributed by atoms with E-state index in [0.29, 0.717) is 0 Å². The van der Waals surface area contributed by atoms with Crippen LogP contribution in [0.4, 0.5) is 0 Å². The molecule has 2 heteroatoms. The quantitative estimate of drug-likeness (QED) is 0.140. The van der Waals surface area contributed by atoms with Crippen molar-refractivity contribution in [2.24, 2.45) is 0 Å². The van der Waals surface area contributed by atoms with Crippen molar-refractivity contribution >= 4 is 25.2 Å². The van der Waals surface area contributed by atoms with Crippen LogP contribution in [0, 0.1) is 0 Å². The molecule has 1 unspecified atom stereocenters. The van der Waals surface area contributed by atoms with E-state index in [1.165, 1.54) is 57.5 Å². The van der Waals surface area contributed by atoms with Gasteiger partial charge in [-0.2, -0.15) is 0 Å². The minimum atomic E-state index is -1.80. The van der Waals surface area contributed by atoms with E-state index in [2.05, 4.69) is 92.9 Å². The Balaban J connectivity index is 2.20. The van der Waals surface area contributed by atoms with Gasteiger partial charge in [0.15, 0.2) is 0 Å². The maximum absolute atomic E-state index is 4.19. The molecule has 0 heterocycles. The zero-order valence-corrected chi connectivity index (χ0v) is 21.0. The summed E-state index contributed by atoms with van der Waals surface area (Å²) < 4.78 is 0. The zero-order chi connectivity index (χ0) is 21.5. The molecule has 2 rings (SSSR count). The SMILES string of the molecule is C=CC[PH](CC=C)(c1ccccc1)P(CCCCCCCCCC)c1ccccc1. The van der Waals surface area contributed by atoms with Crippen LogP contribution in [0.15, 0.2) is 86.0 Å². The summed E-state index contributed by atoms with van der Waals surface area (Å²) in [7, 11) is -0.225. The Labute approximate surface area is 187 Å². The van der Waals surface area contributed by atoms with Crippen LogP contribution in [0.5, 0.6) is 0 Å². The first-order valence-electron chi connectivity index (χ1n) is 11.9. The number of allylic oxidation sites excluding steroid dienone is 2. The van der Waals surface area contributed by atoms with Crippen molar-refractivity contribution in [2.45, 2.75) is 58.3 Å². The van der Waals surface area contributed by atoms with Crippen molar-refractivity contribution in [2.75, 3.05) is 18.5 Å². The van der Waals surface area contributed by atoms with E-state index in [0.717, 1.165) is 12.3 Å². The van der Waals surface area contributed by atoms with Crippen molar-refractivity contribution in [1.82, 2.24) is 0 Å². The van der Waals surface area contributed by atoms with E-state index in [4.69, 9.17) is 0 Å². The average molecular weight is 441 g/mol. The third kappa shape index (κ3) is 7.48. The molecule has 0 spiro atoms. The normalized spacial score (nSPS) is 13.0. The number of rotatable bonds is 16. The molecule has 0 saturated heterocycles. The Bertz CT molecular complexity index is 698. The number of benzene rings is 2. The molecule has 0 N–H and O–H groups in total. The number of hydrogen-bond donors (Lipinski definition) is 0. The Morgan fingerprint density at radius 3 is 1.73 bits per heavy atom. The fourth-order valence-corrected chi connectivity index (χ4v) is 17.1. The van der Waals surface area contributed by atoms with Gasteiger partial charge in [0.05, 0.1) is 0 Å². The Kier molecular flexibility index (Phi) is 12.3. The number of unbranched alkanes of at least 4 members (excludes halogenated alkanes) is 7. The molecule has 164 valence electrons. The van der Waals surface area contributed by atoms with E-state index in [-0.39, 0.29) is 7.61 Å². The first-order chi connectivity index (χ1) is 14.8. The van der Waals surface area contributed by atoms with Crippen molar-refractivity contribution < 1.29 is 0 Å². The topological polar surface area (TPSA) is 0 Å². The molecule has 0 aliphatic carbocycles. The fraction of sp³-hybridized carbons (Fsp3) is 0.429. The fourth-order valence-electron chi connectivity index (χ4n) is 4.52. The Morgan fingerprint density at radius 1 is 0.700 bits per heavy atom. The Morgan fingerprint density at radius 2 is 1.20 bits per heavy atom. The van der Waals surface area contributed by atoms with E-state index < -0.39 is 6.95 Å². The second-order valence-electron chi connectivity index (χ2n) is 8.35. The second kappa shape index (κ2) is 14.7. The molecule has 0 aliphatic rings. The summed E-state index contributed by atoms with van der Waals surface area (Å²) in [5.74, 6) is 0. The Hall–Kier alpha value is -1.22. The van der Waals surface area contributed by atoms with Gasteiger partial charge in [0, 0.05) is 0 Å². The average Bonchev–Trinajstić information content (AvgIpc) is 2.79. The van der Waals surface area contributed by atoms with Gasteiger partial charge < -0.3 is 0 Å². The van der Waals surface area contributed by atoms with Crippen molar-refractivity contribution in [3.05, 3.63) is 86.0 Å². The van der Waals surface area contributed by atoms with Gasteiger partial charge >= 0.3 is 188 Å². The van der Waals surface area contributed by atoms with Crippen molar-refractivity contribution in [3.63, 3.8) is 0 Å². The molecule has 0 saturated carbocycles. The summed E-state index contributed by atoms with van der Waals surface area (Å²) in [6.45, 7) is 8.86. The first-order valence-corrected chi connectivity index (χ1v) is 16.7. The van der Waals surface area contributed by atoms with Gasteiger partial charge in [0.2, 0.25) is 0 Å². The minimum absolute atomic E-state index is 0.225. The second-order valence-corrected chi connectivity index (χ2v) is 17.8. The summed E-state index contributed by atoms with van der Waals surface area (Å²) in [5, 5.41) is 3.16. The summed E-state index contributed by atoms with van der Waals surface area (Å²) in [6.07, 6.45) is 19.1. The zero-order valence-electron chi connectivity index (χ0n) is 19.1. The van der Waals surface area contributed by atoms with Gasteiger partial charge in [0.25, 0.3) is 0 Å². The monoisotopic (exact) mass is 440 g/mol. The summed E-state index contributed by atoms with van der Waals surface area (Å²) in [6, 6.07) is 22.7. The molecule has 0 amide bonds. The molecule has 0 aliphatic heterocycles. The van der Waals surface area contributed by atoms with Crippen LogP contribution in [0.2, 0.25) is 0 Å². The summed E-state index contributed by atoms with van der Waals surface area (Å²) >= 11 is 0. The third-order valence-electron chi connectivity index (χ3n) is 6.10. The van der Waals surface area contributed by atoms with Gasteiger partial charge in [-0.1, -0.05) is 0 Å². The summed E-state index contributed by atoms with van der Waals surface area (Å²) in [4.78, 5) is 0. The molecule has 1 atom stereocenters. The van der Waals surface area contributed by atoms with Gasteiger partial charge in [-0.3, -0.25) is 0 Å². The van der Waals surface area contributed by atoms with Gasteiger partial charge in [0.1, 0.15) is 0 Å². The van der Waals surface area contributed by atoms with Gasteiger partial charge in [-0.25, -0.2) is 0 Å². The molecular formula is C28H42P2. The molecule has 0 fully saturated rings. The first kappa shape index (κ1) is 25.0. The van der Waals surface area contributed by atoms with E-state index in [1.807, 2.05) is 0 Å². The molecule has 0 aromatic heterocycles. The van der Waals surface area contributed by atoms with Crippen molar-refractivity contribution in [1.29, 1.82) is 0 Å². The van der Waals surface area contributed by atoms with E-state index in [9.17, 15) is 0 Å². The van der Waals surface area contributed by atoms with Crippen LogP contribution in [0.1, 0.15) is 58.3 Å². The van der Waals surface area contributed by atoms with Gasteiger partial charge in [-0.15, -0.1) is 0 Å². The summed E-state index contributed by atoms with van der Waals surface area (Å²) in [5.41, 5.74) is 0. The number of hydrogen-bond acceptors (Lipinski definition) is 0. The van der Waals surface area contributed by atoms with Crippen LogP contribution in [0.3, 0.4) is 0 Å². The standard InChI is InChI=1S/C28H42P2/c1-4-7-8-9-10-11-12-19-24-29(27-20-15-13-16-21-27)30(25-5-2,26-6-3)28-22-17-14-18-23-28/h5-6,13-18,20-23,30H,2-4,7-12,19,24-26H2,1H3.